The molecular weight excluding hydrogens is 362 g/mol. The lowest BCUT2D eigenvalue weighted by Crippen LogP contribution is -1.96. The fraction of sp³-hybridized carbons (Fsp3) is 0.185. The fourth-order valence-corrected chi connectivity index (χ4v) is 3.22. The Hall–Kier alpha value is -3.00. The molecule has 148 valence electrons. The average molecular weight is 389 g/mol. The van der Waals surface area contributed by atoms with Gasteiger partial charge >= 0.3 is 0 Å². The fourth-order valence-electron chi connectivity index (χ4n) is 3.22. The van der Waals surface area contributed by atoms with Crippen molar-refractivity contribution in [1.29, 1.82) is 0 Å². The highest BCUT2D eigenvalue weighted by molar-refractivity contribution is 5.69. The first kappa shape index (κ1) is 20.7. The molecule has 1 atom stereocenters. The third-order valence-electron chi connectivity index (χ3n) is 4.92. The summed E-state index contributed by atoms with van der Waals surface area (Å²) in [7, 11) is 0. The highest BCUT2D eigenvalue weighted by atomic mass is 19.1. The Bertz CT molecular complexity index is 954. The van der Waals surface area contributed by atoms with Gasteiger partial charge in [-0.15, -0.1) is 0 Å². The molecule has 0 nitrogen and oxygen atoms in total. The Morgan fingerprint density at radius 1 is 0.862 bits per heavy atom. The maximum absolute atomic E-state index is 14.4. The number of hydrogen-bond donors (Lipinski definition) is 0. The summed E-state index contributed by atoms with van der Waals surface area (Å²) in [6, 6.07) is 22.4. The molecular formula is C27H26F2. The summed E-state index contributed by atoms with van der Waals surface area (Å²) in [4.78, 5) is 0. The summed E-state index contributed by atoms with van der Waals surface area (Å²) >= 11 is 0. The predicted molar refractivity (Wildman–Crippen MR) is 119 cm³/mol. The van der Waals surface area contributed by atoms with Gasteiger partial charge in [-0.3, -0.25) is 0 Å². The predicted octanol–water partition coefficient (Wildman–Crippen LogP) is 7.76. The second-order valence-corrected chi connectivity index (χ2v) is 7.12. The van der Waals surface area contributed by atoms with Crippen molar-refractivity contribution < 1.29 is 8.78 Å². The van der Waals surface area contributed by atoms with Crippen molar-refractivity contribution in [3.63, 3.8) is 0 Å². The lowest BCUT2D eigenvalue weighted by atomic mass is 10.0. The topological polar surface area (TPSA) is 0 Å². The zero-order chi connectivity index (χ0) is 20.5. The van der Waals surface area contributed by atoms with Gasteiger partial charge in [0.15, 0.2) is 0 Å². The van der Waals surface area contributed by atoms with Crippen LogP contribution < -0.4 is 0 Å². The van der Waals surface area contributed by atoms with Crippen LogP contribution in [0.25, 0.3) is 12.2 Å². The van der Waals surface area contributed by atoms with Crippen LogP contribution >= 0.6 is 0 Å². The molecule has 0 unspecified atom stereocenters. The third-order valence-corrected chi connectivity index (χ3v) is 4.92. The van der Waals surface area contributed by atoms with E-state index in [-0.39, 0.29) is 5.82 Å². The van der Waals surface area contributed by atoms with Crippen LogP contribution in [-0.2, 0) is 12.8 Å². The Balaban J connectivity index is 1.60. The van der Waals surface area contributed by atoms with Gasteiger partial charge in [0.1, 0.15) is 12.0 Å². The van der Waals surface area contributed by atoms with E-state index in [1.54, 1.807) is 6.07 Å². The lowest BCUT2D eigenvalue weighted by Gasteiger charge is -2.08. The van der Waals surface area contributed by atoms with Crippen molar-refractivity contribution in [3.05, 3.63) is 119 Å². The molecule has 0 amide bonds. The number of allylic oxidation sites excluding steroid dienone is 2. The van der Waals surface area contributed by atoms with Gasteiger partial charge in [0.25, 0.3) is 0 Å². The largest absolute Gasteiger partial charge is 0.242 e. The lowest BCUT2D eigenvalue weighted by molar-refractivity contribution is 0.342. The minimum absolute atomic E-state index is 0.165. The standard InChI is InChI=1S/C27H26F2/c1-2-3-5-8-25-18-17-23(20-27(25)29)16-13-21-11-14-22(15-12-21)19-26(28)24-9-6-4-7-10-24/h2-4,6-7,9-18,20,26H,5,8,19H2,1H3/t26-/m0/s1. The van der Waals surface area contributed by atoms with Crippen molar-refractivity contribution in [1.82, 2.24) is 0 Å². The average Bonchev–Trinajstić information content (AvgIpc) is 2.75. The molecule has 2 heteroatoms. The Morgan fingerprint density at radius 3 is 2.24 bits per heavy atom. The Morgan fingerprint density at radius 2 is 1.55 bits per heavy atom. The van der Waals surface area contributed by atoms with Crippen LogP contribution in [0.1, 0.15) is 47.3 Å². The summed E-state index contributed by atoms with van der Waals surface area (Å²) in [5.74, 6) is -0.165. The van der Waals surface area contributed by atoms with Gasteiger partial charge in [0, 0.05) is 6.42 Å². The van der Waals surface area contributed by atoms with Crippen LogP contribution in [0.15, 0.2) is 84.9 Å². The molecule has 0 spiro atoms. The summed E-state index contributed by atoms with van der Waals surface area (Å²) in [6.45, 7) is 1.97. The summed E-state index contributed by atoms with van der Waals surface area (Å²) in [5, 5.41) is 0. The van der Waals surface area contributed by atoms with Crippen molar-refractivity contribution in [3.8, 4) is 0 Å². The highest BCUT2D eigenvalue weighted by Gasteiger charge is 2.09. The van der Waals surface area contributed by atoms with Crippen molar-refractivity contribution in [2.45, 2.75) is 32.4 Å². The Labute approximate surface area is 172 Å². The van der Waals surface area contributed by atoms with E-state index in [2.05, 4.69) is 0 Å². The van der Waals surface area contributed by atoms with E-state index in [1.165, 1.54) is 0 Å². The van der Waals surface area contributed by atoms with E-state index in [1.807, 2.05) is 98.0 Å². The van der Waals surface area contributed by atoms with E-state index >= 15 is 0 Å². The first-order chi connectivity index (χ1) is 14.2. The van der Waals surface area contributed by atoms with Gasteiger partial charge in [-0.1, -0.05) is 91.0 Å². The minimum Gasteiger partial charge on any atom is -0.242 e. The smallest absolute Gasteiger partial charge is 0.129 e. The molecule has 0 aliphatic rings. The van der Waals surface area contributed by atoms with Gasteiger partial charge in [0.2, 0.25) is 0 Å². The number of hydrogen-bond acceptors (Lipinski definition) is 0. The van der Waals surface area contributed by atoms with Crippen LogP contribution in [0, 0.1) is 5.82 Å². The first-order valence-electron chi connectivity index (χ1n) is 10.0. The monoisotopic (exact) mass is 388 g/mol. The number of benzene rings is 3. The molecule has 3 aromatic carbocycles. The third kappa shape index (κ3) is 6.25. The van der Waals surface area contributed by atoms with Gasteiger partial charge in [0.05, 0.1) is 0 Å². The molecule has 0 aliphatic heterocycles. The molecule has 3 aromatic rings. The molecule has 0 fully saturated rings. The van der Waals surface area contributed by atoms with Crippen LogP contribution in [-0.4, -0.2) is 0 Å². The summed E-state index contributed by atoms with van der Waals surface area (Å²) in [6.07, 6.45) is 8.77. The van der Waals surface area contributed by atoms with Gasteiger partial charge in [-0.05, 0) is 53.6 Å². The van der Waals surface area contributed by atoms with E-state index in [0.717, 1.165) is 28.7 Å². The first-order valence-corrected chi connectivity index (χ1v) is 10.0. The molecule has 0 heterocycles. The zero-order valence-electron chi connectivity index (χ0n) is 16.7. The molecule has 0 radical (unpaired) electrons. The zero-order valence-corrected chi connectivity index (χ0v) is 16.7. The molecule has 0 aromatic heterocycles. The molecule has 0 N–H and O–H groups in total. The van der Waals surface area contributed by atoms with E-state index < -0.39 is 6.17 Å². The minimum atomic E-state index is -1.01. The normalized spacial score (nSPS) is 12.7. The van der Waals surface area contributed by atoms with Crippen LogP contribution in [0.2, 0.25) is 0 Å². The number of aryl methyl sites for hydroxylation is 1. The SMILES string of the molecule is CC=CCCc1ccc(C=Cc2ccc(C[C@H](F)c3ccccc3)cc2)cc1F. The van der Waals surface area contributed by atoms with E-state index in [4.69, 9.17) is 0 Å². The van der Waals surface area contributed by atoms with Crippen molar-refractivity contribution in [2.24, 2.45) is 0 Å². The molecule has 3 rings (SSSR count). The summed E-state index contributed by atoms with van der Waals surface area (Å²) < 4.78 is 28.6. The molecule has 0 saturated heterocycles. The van der Waals surface area contributed by atoms with Gasteiger partial charge in [-0.25, -0.2) is 8.78 Å². The second kappa shape index (κ2) is 10.5. The van der Waals surface area contributed by atoms with E-state index in [9.17, 15) is 8.78 Å². The second-order valence-electron chi connectivity index (χ2n) is 7.12. The maximum atomic E-state index is 14.4. The molecule has 29 heavy (non-hydrogen) atoms. The molecule has 0 bridgehead atoms. The molecule has 0 aliphatic carbocycles. The van der Waals surface area contributed by atoms with E-state index in [0.29, 0.717) is 18.4 Å². The number of rotatable bonds is 8. The van der Waals surface area contributed by atoms with Crippen molar-refractivity contribution in [2.75, 3.05) is 0 Å². The number of alkyl halides is 1. The van der Waals surface area contributed by atoms with Gasteiger partial charge < -0.3 is 0 Å². The quantitative estimate of drug-likeness (QED) is 0.273. The molecule has 0 saturated carbocycles. The Kier molecular flexibility index (Phi) is 7.52. The highest BCUT2D eigenvalue weighted by Crippen LogP contribution is 2.22. The van der Waals surface area contributed by atoms with Gasteiger partial charge in [-0.2, -0.15) is 0 Å². The summed E-state index contributed by atoms with van der Waals surface area (Å²) in [5.41, 5.74) is 4.22. The van der Waals surface area contributed by atoms with Crippen LogP contribution in [0.4, 0.5) is 8.78 Å². The number of halogens is 2. The van der Waals surface area contributed by atoms with Crippen molar-refractivity contribution >= 4 is 12.2 Å². The van der Waals surface area contributed by atoms with Crippen LogP contribution in [0.5, 0.6) is 0 Å². The van der Waals surface area contributed by atoms with Crippen LogP contribution in [0.3, 0.4) is 0 Å². The maximum Gasteiger partial charge on any atom is 0.129 e.